The summed E-state index contributed by atoms with van der Waals surface area (Å²) >= 11 is 0. The number of hydrogen-bond donors (Lipinski definition) is 0. The van der Waals surface area contributed by atoms with E-state index in [4.69, 9.17) is 4.52 Å². The molecular formula is C17H20N6O3. The molecule has 1 aromatic carbocycles. The SMILES string of the molecule is Cc1cc(CN2CCN(Cn3ncc4cc([N+](=O)[O-])ccc43)CC2)on1. The van der Waals surface area contributed by atoms with Crippen LogP contribution in [0.2, 0.25) is 0 Å². The highest BCUT2D eigenvalue weighted by Crippen LogP contribution is 2.21. The molecule has 9 heteroatoms. The van der Waals surface area contributed by atoms with Gasteiger partial charge in [0, 0.05) is 49.8 Å². The molecule has 0 atom stereocenters. The summed E-state index contributed by atoms with van der Waals surface area (Å²) in [5.41, 5.74) is 1.91. The van der Waals surface area contributed by atoms with Crippen molar-refractivity contribution in [3.8, 4) is 0 Å². The van der Waals surface area contributed by atoms with Crippen molar-refractivity contribution in [1.82, 2.24) is 24.7 Å². The molecule has 0 saturated carbocycles. The van der Waals surface area contributed by atoms with Crippen LogP contribution >= 0.6 is 0 Å². The van der Waals surface area contributed by atoms with E-state index in [2.05, 4.69) is 20.1 Å². The van der Waals surface area contributed by atoms with Crippen molar-refractivity contribution >= 4 is 16.6 Å². The molecule has 0 bridgehead atoms. The molecule has 9 nitrogen and oxygen atoms in total. The van der Waals surface area contributed by atoms with E-state index >= 15 is 0 Å². The zero-order valence-electron chi connectivity index (χ0n) is 14.5. The van der Waals surface area contributed by atoms with Crippen LogP contribution in [0.5, 0.6) is 0 Å². The number of aromatic nitrogens is 3. The Morgan fingerprint density at radius 2 is 1.96 bits per heavy atom. The third kappa shape index (κ3) is 3.44. The number of aryl methyl sites for hydroxylation is 1. The number of hydrogen-bond acceptors (Lipinski definition) is 7. The van der Waals surface area contributed by atoms with E-state index < -0.39 is 0 Å². The first-order chi connectivity index (χ1) is 12.6. The van der Waals surface area contributed by atoms with Gasteiger partial charge in [-0.25, -0.2) is 0 Å². The second kappa shape index (κ2) is 6.85. The maximum absolute atomic E-state index is 10.9. The maximum Gasteiger partial charge on any atom is 0.270 e. The van der Waals surface area contributed by atoms with Crippen LogP contribution in [-0.4, -0.2) is 55.8 Å². The smallest absolute Gasteiger partial charge is 0.270 e. The van der Waals surface area contributed by atoms with Gasteiger partial charge in [-0.15, -0.1) is 0 Å². The van der Waals surface area contributed by atoms with Gasteiger partial charge in [0.15, 0.2) is 5.76 Å². The van der Waals surface area contributed by atoms with Crippen molar-refractivity contribution in [3.63, 3.8) is 0 Å². The molecular weight excluding hydrogens is 336 g/mol. The van der Waals surface area contributed by atoms with Crippen molar-refractivity contribution < 1.29 is 9.45 Å². The molecule has 3 heterocycles. The van der Waals surface area contributed by atoms with Gasteiger partial charge in [0.1, 0.15) is 0 Å². The summed E-state index contributed by atoms with van der Waals surface area (Å²) < 4.78 is 7.18. The molecule has 0 N–H and O–H groups in total. The molecule has 0 radical (unpaired) electrons. The third-order valence-corrected chi connectivity index (χ3v) is 4.69. The van der Waals surface area contributed by atoms with Gasteiger partial charge < -0.3 is 4.52 Å². The van der Waals surface area contributed by atoms with Crippen molar-refractivity contribution in [1.29, 1.82) is 0 Å². The van der Waals surface area contributed by atoms with Crippen LogP contribution in [0.25, 0.3) is 10.9 Å². The van der Waals surface area contributed by atoms with Gasteiger partial charge >= 0.3 is 0 Å². The normalized spacial score (nSPS) is 16.3. The fraction of sp³-hybridized carbons (Fsp3) is 0.412. The lowest BCUT2D eigenvalue weighted by Crippen LogP contribution is -2.46. The van der Waals surface area contributed by atoms with Crippen LogP contribution in [0.4, 0.5) is 5.69 Å². The maximum atomic E-state index is 10.9. The molecule has 1 aliphatic rings. The lowest BCUT2D eigenvalue weighted by atomic mass is 10.2. The number of fused-ring (bicyclic) bond motifs is 1. The fourth-order valence-electron chi connectivity index (χ4n) is 3.29. The van der Waals surface area contributed by atoms with Gasteiger partial charge in [-0.1, -0.05) is 5.16 Å². The Hall–Kier alpha value is -2.78. The molecule has 136 valence electrons. The minimum atomic E-state index is -0.383. The van der Waals surface area contributed by atoms with Gasteiger partial charge in [0.05, 0.1) is 35.5 Å². The van der Waals surface area contributed by atoms with Gasteiger partial charge in [0.25, 0.3) is 5.69 Å². The summed E-state index contributed by atoms with van der Waals surface area (Å²) in [7, 11) is 0. The number of nitrogens with zero attached hydrogens (tertiary/aromatic N) is 6. The van der Waals surface area contributed by atoms with E-state index in [-0.39, 0.29) is 10.6 Å². The molecule has 1 fully saturated rings. The summed E-state index contributed by atoms with van der Waals surface area (Å²) in [5, 5.41) is 20.0. The molecule has 0 amide bonds. The Labute approximate surface area is 149 Å². The van der Waals surface area contributed by atoms with Crippen LogP contribution in [0.3, 0.4) is 0 Å². The van der Waals surface area contributed by atoms with Crippen molar-refractivity contribution in [2.24, 2.45) is 0 Å². The Morgan fingerprint density at radius 3 is 2.65 bits per heavy atom. The largest absolute Gasteiger partial charge is 0.360 e. The molecule has 1 aliphatic heterocycles. The molecule has 26 heavy (non-hydrogen) atoms. The second-order valence-electron chi connectivity index (χ2n) is 6.61. The predicted molar refractivity (Wildman–Crippen MR) is 94.5 cm³/mol. The van der Waals surface area contributed by atoms with Crippen LogP contribution in [-0.2, 0) is 13.2 Å². The summed E-state index contributed by atoms with van der Waals surface area (Å²) in [6.07, 6.45) is 1.69. The van der Waals surface area contributed by atoms with E-state index in [9.17, 15) is 10.1 Å². The number of benzene rings is 1. The van der Waals surface area contributed by atoms with E-state index in [1.165, 1.54) is 6.07 Å². The van der Waals surface area contributed by atoms with Gasteiger partial charge in [0.2, 0.25) is 0 Å². The summed E-state index contributed by atoms with van der Waals surface area (Å²) in [6, 6.07) is 6.83. The zero-order valence-corrected chi connectivity index (χ0v) is 14.5. The molecule has 1 saturated heterocycles. The van der Waals surface area contributed by atoms with Crippen molar-refractivity contribution in [2.45, 2.75) is 20.1 Å². The highest BCUT2D eigenvalue weighted by atomic mass is 16.6. The topological polar surface area (TPSA) is 93.5 Å². The number of non-ortho nitro benzene ring substituents is 1. The fourth-order valence-corrected chi connectivity index (χ4v) is 3.29. The molecule has 4 rings (SSSR count). The monoisotopic (exact) mass is 356 g/mol. The average molecular weight is 356 g/mol. The Morgan fingerprint density at radius 1 is 1.19 bits per heavy atom. The van der Waals surface area contributed by atoms with E-state index in [0.29, 0.717) is 6.67 Å². The number of piperazine rings is 1. The van der Waals surface area contributed by atoms with Gasteiger partial charge in [-0.05, 0) is 13.0 Å². The lowest BCUT2D eigenvalue weighted by molar-refractivity contribution is -0.384. The van der Waals surface area contributed by atoms with E-state index in [1.807, 2.05) is 17.7 Å². The molecule has 3 aromatic rings. The van der Waals surface area contributed by atoms with Gasteiger partial charge in [-0.2, -0.15) is 5.10 Å². The highest BCUT2D eigenvalue weighted by molar-refractivity contribution is 5.81. The zero-order chi connectivity index (χ0) is 18.1. The predicted octanol–water partition coefficient (Wildman–Crippen LogP) is 2.02. The lowest BCUT2D eigenvalue weighted by Gasteiger charge is -2.34. The van der Waals surface area contributed by atoms with Crippen molar-refractivity contribution in [3.05, 3.63) is 52.0 Å². The standard InChI is InChI=1S/C17H20N6O3/c1-13-8-16(26-19-13)11-20-4-6-21(7-5-20)12-22-17-3-2-15(23(24)25)9-14(17)10-18-22/h2-3,8-10H,4-7,11-12H2,1H3. The average Bonchev–Trinajstić information content (AvgIpc) is 3.22. The highest BCUT2D eigenvalue weighted by Gasteiger charge is 2.19. The first-order valence-corrected chi connectivity index (χ1v) is 8.55. The Kier molecular flexibility index (Phi) is 4.39. The van der Waals surface area contributed by atoms with Crippen LogP contribution in [0, 0.1) is 17.0 Å². The summed E-state index contributed by atoms with van der Waals surface area (Å²) in [4.78, 5) is 15.2. The number of nitro benzene ring substituents is 1. The molecule has 2 aromatic heterocycles. The second-order valence-corrected chi connectivity index (χ2v) is 6.61. The summed E-state index contributed by atoms with van der Waals surface area (Å²) in [6.45, 7) is 7.14. The summed E-state index contributed by atoms with van der Waals surface area (Å²) in [5.74, 6) is 0.899. The third-order valence-electron chi connectivity index (χ3n) is 4.69. The molecule has 0 spiro atoms. The quantitative estimate of drug-likeness (QED) is 0.510. The minimum absolute atomic E-state index is 0.0910. The first-order valence-electron chi connectivity index (χ1n) is 8.55. The van der Waals surface area contributed by atoms with Crippen LogP contribution in [0.1, 0.15) is 11.5 Å². The van der Waals surface area contributed by atoms with Gasteiger partial charge in [-0.3, -0.25) is 24.6 Å². The molecule has 0 unspecified atom stereocenters. The Balaban J connectivity index is 1.37. The van der Waals surface area contributed by atoms with Crippen LogP contribution < -0.4 is 0 Å². The van der Waals surface area contributed by atoms with Crippen molar-refractivity contribution in [2.75, 3.05) is 26.2 Å². The first kappa shape index (κ1) is 16.7. The van der Waals surface area contributed by atoms with E-state index in [1.54, 1.807) is 18.3 Å². The Bertz CT molecular complexity index is 926. The number of nitro groups is 1. The number of rotatable bonds is 5. The van der Waals surface area contributed by atoms with Crippen LogP contribution in [0.15, 0.2) is 35.0 Å². The molecule has 0 aliphatic carbocycles. The van der Waals surface area contributed by atoms with E-state index in [0.717, 1.165) is 55.1 Å². The minimum Gasteiger partial charge on any atom is -0.360 e.